The zero-order chi connectivity index (χ0) is 12.7. The molecule has 1 amide bonds. The van der Waals surface area contributed by atoms with Crippen molar-refractivity contribution < 1.29 is 14.3 Å². The maximum absolute atomic E-state index is 11.8. The van der Waals surface area contributed by atoms with Gasteiger partial charge >= 0.3 is 0 Å². The number of amides is 1. The molecule has 1 rings (SSSR count). The van der Waals surface area contributed by atoms with Crippen LogP contribution in [0.2, 0.25) is 0 Å². The van der Waals surface area contributed by atoms with Gasteiger partial charge in [-0.3, -0.25) is 4.79 Å². The normalized spacial score (nSPS) is 10.0. The molecular weight excluding hydrogens is 220 g/mol. The van der Waals surface area contributed by atoms with Crippen LogP contribution >= 0.6 is 0 Å². The molecule has 0 bridgehead atoms. The molecule has 0 radical (unpaired) electrons. The Morgan fingerprint density at radius 3 is 2.82 bits per heavy atom. The molecule has 1 aromatic carbocycles. The molecule has 0 unspecified atom stereocenters. The lowest BCUT2D eigenvalue weighted by molar-refractivity contribution is 0.0949. The minimum Gasteiger partial charge on any atom is -0.495 e. The summed E-state index contributed by atoms with van der Waals surface area (Å²) in [6.45, 7) is 1.18. The average Bonchev–Trinajstić information content (AvgIpc) is 2.34. The van der Waals surface area contributed by atoms with Gasteiger partial charge in [-0.1, -0.05) is 6.07 Å². The number of ether oxygens (including phenoxy) is 2. The van der Waals surface area contributed by atoms with E-state index in [-0.39, 0.29) is 5.91 Å². The van der Waals surface area contributed by atoms with E-state index < -0.39 is 0 Å². The number of carbonyl (C=O) groups is 1. The van der Waals surface area contributed by atoms with E-state index in [1.54, 1.807) is 25.3 Å². The molecule has 17 heavy (non-hydrogen) atoms. The van der Waals surface area contributed by atoms with E-state index in [2.05, 4.69) is 5.32 Å². The van der Waals surface area contributed by atoms with Crippen LogP contribution in [0.4, 0.5) is 5.69 Å². The van der Waals surface area contributed by atoms with E-state index >= 15 is 0 Å². The van der Waals surface area contributed by atoms with E-state index in [0.717, 1.165) is 6.42 Å². The second-order valence-electron chi connectivity index (χ2n) is 3.52. The van der Waals surface area contributed by atoms with Crippen molar-refractivity contribution in [3.63, 3.8) is 0 Å². The van der Waals surface area contributed by atoms with Gasteiger partial charge in [0.1, 0.15) is 5.75 Å². The lowest BCUT2D eigenvalue weighted by atomic mass is 10.1. The molecule has 3 N–H and O–H groups in total. The second-order valence-corrected chi connectivity index (χ2v) is 3.52. The molecule has 0 aliphatic rings. The van der Waals surface area contributed by atoms with Gasteiger partial charge in [0.2, 0.25) is 0 Å². The van der Waals surface area contributed by atoms with Gasteiger partial charge < -0.3 is 20.5 Å². The zero-order valence-corrected chi connectivity index (χ0v) is 10.2. The number of nitrogens with two attached hydrogens (primary N) is 1. The topological polar surface area (TPSA) is 73.6 Å². The molecule has 0 atom stereocenters. The minimum atomic E-state index is -0.197. The molecule has 0 aliphatic carbocycles. The summed E-state index contributed by atoms with van der Waals surface area (Å²) in [5.41, 5.74) is 6.61. The third-order valence-corrected chi connectivity index (χ3v) is 2.34. The third kappa shape index (κ3) is 3.64. The number of anilines is 1. The number of rotatable bonds is 6. The molecule has 0 aliphatic heterocycles. The molecule has 94 valence electrons. The molecule has 1 aromatic rings. The summed E-state index contributed by atoms with van der Waals surface area (Å²) in [6, 6.07) is 5.12. The van der Waals surface area contributed by atoms with E-state index in [4.69, 9.17) is 15.2 Å². The number of nitrogens with one attached hydrogen (secondary N) is 1. The Labute approximate surface area is 101 Å². The maximum Gasteiger partial charge on any atom is 0.253 e. The Bertz CT molecular complexity index is 380. The van der Waals surface area contributed by atoms with Gasteiger partial charge in [0.15, 0.2) is 0 Å². The van der Waals surface area contributed by atoms with Crippen LogP contribution < -0.4 is 15.8 Å². The zero-order valence-electron chi connectivity index (χ0n) is 10.2. The van der Waals surface area contributed by atoms with Crippen LogP contribution in [0, 0.1) is 0 Å². The van der Waals surface area contributed by atoms with Gasteiger partial charge in [-0.25, -0.2) is 0 Å². The van der Waals surface area contributed by atoms with Crippen molar-refractivity contribution in [1.29, 1.82) is 0 Å². The lowest BCUT2D eigenvalue weighted by Gasteiger charge is -2.10. The number of nitrogen functional groups attached to an aromatic ring is 1. The molecule has 0 saturated heterocycles. The highest BCUT2D eigenvalue weighted by Crippen LogP contribution is 2.24. The fraction of sp³-hybridized carbons (Fsp3) is 0.417. The maximum atomic E-state index is 11.8. The summed E-state index contributed by atoms with van der Waals surface area (Å²) >= 11 is 0. The Balaban J connectivity index is 2.62. The van der Waals surface area contributed by atoms with Gasteiger partial charge in [0, 0.05) is 20.3 Å². The Kier molecular flexibility index (Phi) is 5.29. The first-order valence-corrected chi connectivity index (χ1v) is 5.40. The highest BCUT2D eigenvalue weighted by atomic mass is 16.5. The molecule has 5 nitrogen and oxygen atoms in total. The number of hydrogen-bond donors (Lipinski definition) is 2. The fourth-order valence-corrected chi connectivity index (χ4v) is 1.43. The number of hydrogen-bond acceptors (Lipinski definition) is 4. The SMILES string of the molecule is COCCCNC(=O)c1cccc(OC)c1N. The number of para-hydroxylation sites is 1. The van der Waals surface area contributed by atoms with E-state index in [0.29, 0.717) is 30.2 Å². The number of benzene rings is 1. The minimum absolute atomic E-state index is 0.197. The molecule has 0 aromatic heterocycles. The van der Waals surface area contributed by atoms with Gasteiger partial charge in [0.05, 0.1) is 18.4 Å². The van der Waals surface area contributed by atoms with Crippen LogP contribution in [0.5, 0.6) is 5.75 Å². The van der Waals surface area contributed by atoms with Crippen molar-refractivity contribution in [1.82, 2.24) is 5.32 Å². The van der Waals surface area contributed by atoms with Gasteiger partial charge in [-0.15, -0.1) is 0 Å². The van der Waals surface area contributed by atoms with Crippen LogP contribution in [0.15, 0.2) is 18.2 Å². The molecule has 0 fully saturated rings. The smallest absolute Gasteiger partial charge is 0.253 e. The summed E-state index contributed by atoms with van der Waals surface area (Å²) < 4.78 is 9.95. The highest BCUT2D eigenvalue weighted by molar-refractivity contribution is 6.00. The first kappa shape index (κ1) is 13.3. The second kappa shape index (κ2) is 6.75. The van der Waals surface area contributed by atoms with Crippen molar-refractivity contribution in [2.45, 2.75) is 6.42 Å². The summed E-state index contributed by atoms with van der Waals surface area (Å²) in [5, 5.41) is 2.77. The third-order valence-electron chi connectivity index (χ3n) is 2.34. The fourth-order valence-electron chi connectivity index (χ4n) is 1.43. The van der Waals surface area contributed by atoms with Crippen molar-refractivity contribution in [3.8, 4) is 5.75 Å². The summed E-state index contributed by atoms with van der Waals surface area (Å²) in [5.74, 6) is 0.312. The first-order valence-electron chi connectivity index (χ1n) is 5.40. The van der Waals surface area contributed by atoms with E-state index in [1.165, 1.54) is 7.11 Å². The molecular formula is C12H18N2O3. The van der Waals surface area contributed by atoms with Crippen LogP contribution in [0.25, 0.3) is 0 Å². The molecule has 0 saturated carbocycles. The molecule has 5 heteroatoms. The van der Waals surface area contributed by atoms with Crippen molar-refractivity contribution >= 4 is 11.6 Å². The largest absolute Gasteiger partial charge is 0.495 e. The van der Waals surface area contributed by atoms with Gasteiger partial charge in [0.25, 0.3) is 5.91 Å². The lowest BCUT2D eigenvalue weighted by Crippen LogP contribution is -2.26. The highest BCUT2D eigenvalue weighted by Gasteiger charge is 2.11. The van der Waals surface area contributed by atoms with Crippen LogP contribution in [0.3, 0.4) is 0 Å². The Morgan fingerprint density at radius 1 is 1.41 bits per heavy atom. The predicted molar refractivity (Wildman–Crippen MR) is 66.2 cm³/mol. The van der Waals surface area contributed by atoms with Gasteiger partial charge in [-0.2, -0.15) is 0 Å². The monoisotopic (exact) mass is 238 g/mol. The van der Waals surface area contributed by atoms with Gasteiger partial charge in [-0.05, 0) is 18.6 Å². The van der Waals surface area contributed by atoms with E-state index in [1.807, 2.05) is 0 Å². The predicted octanol–water partition coefficient (Wildman–Crippen LogP) is 1.04. The van der Waals surface area contributed by atoms with Crippen LogP contribution in [0.1, 0.15) is 16.8 Å². The van der Waals surface area contributed by atoms with E-state index in [9.17, 15) is 4.79 Å². The first-order chi connectivity index (χ1) is 8.20. The average molecular weight is 238 g/mol. The van der Waals surface area contributed by atoms with Crippen LogP contribution in [-0.2, 0) is 4.74 Å². The van der Waals surface area contributed by atoms with Crippen molar-refractivity contribution in [2.24, 2.45) is 0 Å². The summed E-state index contributed by atoms with van der Waals surface area (Å²) in [7, 11) is 3.15. The standard InChI is InChI=1S/C12H18N2O3/c1-16-8-4-7-14-12(15)9-5-3-6-10(17-2)11(9)13/h3,5-6H,4,7-8,13H2,1-2H3,(H,14,15). The summed E-state index contributed by atoms with van der Waals surface area (Å²) in [6.07, 6.45) is 0.770. The summed E-state index contributed by atoms with van der Waals surface area (Å²) in [4.78, 5) is 11.8. The Hall–Kier alpha value is -1.75. The molecule has 0 spiro atoms. The quantitative estimate of drug-likeness (QED) is 0.573. The molecule has 0 heterocycles. The number of methoxy groups -OCH3 is 2. The van der Waals surface area contributed by atoms with Crippen molar-refractivity contribution in [3.05, 3.63) is 23.8 Å². The van der Waals surface area contributed by atoms with Crippen LogP contribution in [-0.4, -0.2) is 33.3 Å². The van der Waals surface area contributed by atoms with Crippen molar-refractivity contribution in [2.75, 3.05) is 33.1 Å². The number of carbonyl (C=O) groups excluding carboxylic acids is 1. The Morgan fingerprint density at radius 2 is 2.18 bits per heavy atom.